The van der Waals surface area contributed by atoms with Crippen LogP contribution in [0.2, 0.25) is 0 Å². The predicted octanol–water partition coefficient (Wildman–Crippen LogP) is 0.490. The van der Waals surface area contributed by atoms with Crippen LogP contribution in [0.1, 0.15) is 11.7 Å². The van der Waals surface area contributed by atoms with E-state index >= 15 is 0 Å². The van der Waals surface area contributed by atoms with Gasteiger partial charge in [0.1, 0.15) is 36.1 Å². The van der Waals surface area contributed by atoms with E-state index in [1.807, 2.05) is 0 Å². The molecule has 2 N–H and O–H groups in total. The van der Waals surface area contributed by atoms with Crippen molar-refractivity contribution in [3.63, 3.8) is 0 Å². The van der Waals surface area contributed by atoms with Gasteiger partial charge in [-0.1, -0.05) is 0 Å². The quantitative estimate of drug-likeness (QED) is 0.768. The smallest absolute Gasteiger partial charge is 0.132 e. The molecular formula is C11H14O5. The Morgan fingerprint density at radius 1 is 1.25 bits per heavy atom. The van der Waals surface area contributed by atoms with E-state index in [4.69, 9.17) is 14.2 Å². The van der Waals surface area contributed by atoms with Crippen LogP contribution in [0.25, 0.3) is 0 Å². The maximum absolute atomic E-state index is 9.85. The van der Waals surface area contributed by atoms with Crippen molar-refractivity contribution >= 4 is 0 Å². The molecule has 2 atom stereocenters. The molecule has 0 saturated carbocycles. The van der Waals surface area contributed by atoms with E-state index in [1.165, 1.54) is 14.2 Å². The summed E-state index contributed by atoms with van der Waals surface area (Å²) in [5, 5.41) is 19.4. The summed E-state index contributed by atoms with van der Waals surface area (Å²) >= 11 is 0. The van der Waals surface area contributed by atoms with Crippen LogP contribution >= 0.6 is 0 Å². The van der Waals surface area contributed by atoms with Crippen LogP contribution in [0.3, 0.4) is 0 Å². The van der Waals surface area contributed by atoms with E-state index in [-0.39, 0.29) is 6.61 Å². The average molecular weight is 226 g/mol. The highest BCUT2D eigenvalue weighted by atomic mass is 16.5. The van der Waals surface area contributed by atoms with E-state index in [9.17, 15) is 10.2 Å². The van der Waals surface area contributed by atoms with Gasteiger partial charge in [0.2, 0.25) is 0 Å². The van der Waals surface area contributed by atoms with Gasteiger partial charge in [-0.2, -0.15) is 0 Å². The number of aliphatic hydroxyl groups is 2. The van der Waals surface area contributed by atoms with Gasteiger partial charge in [0.15, 0.2) is 0 Å². The molecule has 0 amide bonds. The molecule has 2 rings (SSSR count). The van der Waals surface area contributed by atoms with E-state index in [1.54, 1.807) is 12.1 Å². The molecule has 0 aliphatic carbocycles. The lowest BCUT2D eigenvalue weighted by atomic mass is 10.00. The third-order valence-electron chi connectivity index (χ3n) is 2.60. The summed E-state index contributed by atoms with van der Waals surface area (Å²) in [4.78, 5) is 0. The van der Waals surface area contributed by atoms with Crippen molar-refractivity contribution in [1.29, 1.82) is 0 Å². The van der Waals surface area contributed by atoms with Crippen LogP contribution in [0.5, 0.6) is 17.2 Å². The molecule has 1 aromatic carbocycles. The van der Waals surface area contributed by atoms with Gasteiger partial charge in [0.25, 0.3) is 0 Å². The van der Waals surface area contributed by atoms with Crippen LogP contribution in [0, 0.1) is 0 Å². The van der Waals surface area contributed by atoms with E-state index in [2.05, 4.69) is 0 Å². The van der Waals surface area contributed by atoms with Gasteiger partial charge < -0.3 is 24.4 Å². The third kappa shape index (κ3) is 1.68. The molecule has 0 spiro atoms. The number of benzene rings is 1. The molecule has 2 unspecified atom stereocenters. The number of fused-ring (bicyclic) bond motifs is 1. The minimum Gasteiger partial charge on any atom is -0.496 e. The second-order valence-electron chi connectivity index (χ2n) is 3.56. The fourth-order valence-corrected chi connectivity index (χ4v) is 1.73. The van der Waals surface area contributed by atoms with Crippen molar-refractivity contribution in [1.82, 2.24) is 0 Å². The van der Waals surface area contributed by atoms with Crippen molar-refractivity contribution in [2.75, 3.05) is 20.8 Å². The molecule has 16 heavy (non-hydrogen) atoms. The van der Waals surface area contributed by atoms with Gasteiger partial charge in [0.05, 0.1) is 19.8 Å². The van der Waals surface area contributed by atoms with Crippen LogP contribution in [-0.2, 0) is 0 Å². The summed E-state index contributed by atoms with van der Waals surface area (Å²) in [7, 11) is 3.03. The summed E-state index contributed by atoms with van der Waals surface area (Å²) in [6.45, 7) is 0.0600. The van der Waals surface area contributed by atoms with Crippen LogP contribution in [0.15, 0.2) is 12.1 Å². The standard InChI is InChI=1S/C11H14O5/c1-14-6-3-8(15-2)10-9(4-6)16-5-7(12)11(10)13/h3-4,7,11-13H,5H2,1-2H3. The lowest BCUT2D eigenvalue weighted by Gasteiger charge is -2.28. The van der Waals surface area contributed by atoms with Crippen LogP contribution in [-0.4, -0.2) is 37.1 Å². The monoisotopic (exact) mass is 226 g/mol. The summed E-state index contributed by atoms with van der Waals surface area (Å²) in [6, 6.07) is 3.30. The first-order chi connectivity index (χ1) is 7.67. The van der Waals surface area contributed by atoms with Crippen molar-refractivity contribution < 1.29 is 24.4 Å². The third-order valence-corrected chi connectivity index (χ3v) is 2.60. The van der Waals surface area contributed by atoms with Gasteiger partial charge in [-0.05, 0) is 0 Å². The minimum atomic E-state index is -0.996. The maximum atomic E-state index is 9.85. The Balaban J connectivity index is 2.52. The van der Waals surface area contributed by atoms with Crippen LogP contribution in [0.4, 0.5) is 0 Å². The molecular weight excluding hydrogens is 212 g/mol. The minimum absolute atomic E-state index is 0.0600. The zero-order chi connectivity index (χ0) is 11.7. The summed E-state index contributed by atoms with van der Waals surface area (Å²) in [6.07, 6.45) is -1.93. The maximum Gasteiger partial charge on any atom is 0.132 e. The van der Waals surface area contributed by atoms with Crippen molar-refractivity contribution in [2.24, 2.45) is 0 Å². The second kappa shape index (κ2) is 4.19. The molecule has 1 heterocycles. The molecule has 0 aromatic heterocycles. The fraction of sp³-hybridized carbons (Fsp3) is 0.455. The Morgan fingerprint density at radius 3 is 2.62 bits per heavy atom. The van der Waals surface area contributed by atoms with Crippen LogP contribution < -0.4 is 14.2 Å². The Bertz CT molecular complexity index is 373. The summed E-state index contributed by atoms with van der Waals surface area (Å²) in [5.74, 6) is 1.51. The zero-order valence-electron chi connectivity index (χ0n) is 9.14. The lowest BCUT2D eigenvalue weighted by Crippen LogP contribution is -2.30. The fourth-order valence-electron chi connectivity index (χ4n) is 1.73. The SMILES string of the molecule is COc1cc(OC)c2c(c1)OCC(O)C2O. The molecule has 5 heteroatoms. The number of aliphatic hydroxyl groups excluding tert-OH is 2. The Hall–Kier alpha value is -1.46. The average Bonchev–Trinajstić information content (AvgIpc) is 2.32. The number of ether oxygens (including phenoxy) is 3. The molecule has 0 fully saturated rings. The summed E-state index contributed by atoms with van der Waals surface area (Å²) in [5.41, 5.74) is 0.460. The highest BCUT2D eigenvalue weighted by Crippen LogP contribution is 2.41. The molecule has 0 saturated heterocycles. The molecule has 88 valence electrons. The highest BCUT2D eigenvalue weighted by Gasteiger charge is 2.31. The van der Waals surface area contributed by atoms with Gasteiger partial charge in [-0.25, -0.2) is 0 Å². The molecule has 5 nitrogen and oxygen atoms in total. The second-order valence-corrected chi connectivity index (χ2v) is 3.56. The van der Waals surface area contributed by atoms with Gasteiger partial charge in [-0.3, -0.25) is 0 Å². The highest BCUT2D eigenvalue weighted by molar-refractivity contribution is 5.53. The van der Waals surface area contributed by atoms with Gasteiger partial charge in [0, 0.05) is 12.1 Å². The molecule has 0 bridgehead atoms. The Labute approximate surface area is 93.2 Å². The van der Waals surface area contributed by atoms with Crippen molar-refractivity contribution in [3.8, 4) is 17.2 Å². The topological polar surface area (TPSA) is 68.2 Å². The first kappa shape index (κ1) is 11.0. The molecule has 1 aliphatic heterocycles. The molecule has 1 aromatic rings. The number of hydrogen-bond acceptors (Lipinski definition) is 5. The lowest BCUT2D eigenvalue weighted by molar-refractivity contribution is -0.0269. The van der Waals surface area contributed by atoms with E-state index < -0.39 is 12.2 Å². The van der Waals surface area contributed by atoms with E-state index in [0.717, 1.165) is 0 Å². The number of methoxy groups -OCH3 is 2. The molecule has 0 radical (unpaired) electrons. The number of rotatable bonds is 2. The normalized spacial score (nSPS) is 23.2. The first-order valence-electron chi connectivity index (χ1n) is 4.92. The Kier molecular flexibility index (Phi) is 2.89. The zero-order valence-corrected chi connectivity index (χ0v) is 9.14. The summed E-state index contributed by atoms with van der Waals surface area (Å²) < 4.78 is 15.5. The Morgan fingerprint density at radius 2 is 2.00 bits per heavy atom. The predicted molar refractivity (Wildman–Crippen MR) is 56.0 cm³/mol. The largest absolute Gasteiger partial charge is 0.496 e. The van der Waals surface area contributed by atoms with Crippen molar-refractivity contribution in [3.05, 3.63) is 17.7 Å². The first-order valence-corrected chi connectivity index (χ1v) is 4.92. The molecule has 1 aliphatic rings. The van der Waals surface area contributed by atoms with Gasteiger partial charge in [-0.15, -0.1) is 0 Å². The van der Waals surface area contributed by atoms with Gasteiger partial charge >= 0.3 is 0 Å². The number of hydrogen-bond donors (Lipinski definition) is 2. The van der Waals surface area contributed by atoms with Crippen molar-refractivity contribution in [2.45, 2.75) is 12.2 Å². The van der Waals surface area contributed by atoms with E-state index in [0.29, 0.717) is 22.8 Å².